The molecule has 0 heterocycles. The average molecular weight is 1360 g/mol. The van der Waals surface area contributed by atoms with Gasteiger partial charge in [-0.2, -0.15) is 0 Å². The number of nitrogens with two attached hydrogens (primary N) is 1. The zero-order chi connectivity index (χ0) is 65.4. The summed E-state index contributed by atoms with van der Waals surface area (Å²) in [7, 11) is -10.4. The number of carbonyl (C=O) groups is 4. The first-order chi connectivity index (χ1) is 43.2. The number of hydrogen-bond donors (Lipinski definition) is 2. The molecule has 0 aliphatic rings. The number of carbonyl (C=O) groups excluding carboxylic acids is 4. The summed E-state index contributed by atoms with van der Waals surface area (Å²) in [4.78, 5) is 77.1. The Morgan fingerprint density at radius 3 is 0.747 bits per heavy atom. The SMILES string of the molecule is CCCCCCCCCCCCCCCC(=O)OC[C@H](COP(=O)([O-])OCC(O)COP(=O)([O-])OC[C@@H](COC(=O)CCCCCCCCCCCN)OC(=O)CCCCCCCCCCCCCCC)OC(=O)CCCCCCCCCCCCCCC.[Na+].[Na+]. The Morgan fingerprint density at radius 1 is 0.319 bits per heavy atom. The minimum Gasteiger partial charge on any atom is -0.756 e. The second-order valence-corrected chi connectivity index (χ2v) is 27.8. The van der Waals surface area contributed by atoms with Crippen LogP contribution in [-0.4, -0.2) is 93.5 Å². The van der Waals surface area contributed by atoms with Crippen LogP contribution in [0.1, 0.15) is 355 Å². The van der Waals surface area contributed by atoms with Gasteiger partial charge in [0, 0.05) is 25.7 Å². The van der Waals surface area contributed by atoms with E-state index in [0.717, 1.165) is 122 Å². The minimum absolute atomic E-state index is 0. The molecule has 0 aliphatic carbocycles. The summed E-state index contributed by atoms with van der Waals surface area (Å²) in [6.07, 6.45) is 49.9. The van der Waals surface area contributed by atoms with E-state index in [1.807, 2.05) is 0 Å². The quantitative estimate of drug-likeness (QED) is 0.0188. The Labute approximate surface area is 599 Å². The number of aliphatic hydroxyl groups is 1. The Balaban J connectivity index is -0.0000387. The van der Waals surface area contributed by atoms with Crippen LogP contribution in [0.15, 0.2) is 0 Å². The fourth-order valence-corrected chi connectivity index (χ4v) is 12.1. The van der Waals surface area contributed by atoms with E-state index >= 15 is 0 Å². The van der Waals surface area contributed by atoms with Crippen molar-refractivity contribution >= 4 is 39.5 Å². The standard InChI is InChI=1S/C69H135NO17P2.2Na/c1-4-7-10-13-16-19-22-25-28-32-37-42-47-52-66(72)80-59-64(86-68(74)54-49-44-39-33-29-26-23-20-17-14-11-8-5-2)61-84-88(76,77)82-57-63(71)58-83-89(78,79)85-62-65(60-81-67(73)53-48-43-38-35-31-36-41-46-51-56-70)87-69(75)55-50-45-40-34-30-27-24-21-18-15-12-9-6-3;;/h63-65,71H,4-62,70H2,1-3H3,(H,76,77)(H,78,79);;/q;2*+1/p-2/t63?,64-,65-;;/m1../s1. The van der Waals surface area contributed by atoms with Gasteiger partial charge in [-0.15, -0.1) is 0 Å². The van der Waals surface area contributed by atoms with Crippen LogP contribution >= 0.6 is 15.6 Å². The van der Waals surface area contributed by atoms with Crippen molar-refractivity contribution in [3.05, 3.63) is 0 Å². The number of rotatable bonds is 71. The predicted molar refractivity (Wildman–Crippen MR) is 353 cm³/mol. The van der Waals surface area contributed by atoms with Gasteiger partial charge in [-0.25, -0.2) is 0 Å². The van der Waals surface area contributed by atoms with Gasteiger partial charge in [-0.1, -0.05) is 297 Å². The number of phosphoric ester groups is 2. The van der Waals surface area contributed by atoms with Crippen molar-refractivity contribution in [3.8, 4) is 0 Å². The van der Waals surface area contributed by atoms with Crippen LogP contribution in [0.3, 0.4) is 0 Å². The van der Waals surface area contributed by atoms with E-state index in [0.29, 0.717) is 32.2 Å². The molecule has 18 nitrogen and oxygen atoms in total. The number of unbranched alkanes of at least 4 members (excludes halogenated alkanes) is 44. The first-order valence-corrected chi connectivity index (χ1v) is 39.4. The molecule has 0 amide bonds. The van der Waals surface area contributed by atoms with Crippen molar-refractivity contribution in [2.45, 2.75) is 373 Å². The molecule has 0 aromatic rings. The van der Waals surface area contributed by atoms with E-state index in [1.54, 1.807) is 0 Å². The molecule has 91 heavy (non-hydrogen) atoms. The Kier molecular flexibility index (Phi) is 74.6. The van der Waals surface area contributed by atoms with E-state index in [1.165, 1.54) is 161 Å². The molecular formula is C69H133NNa2O17P2. The van der Waals surface area contributed by atoms with Gasteiger partial charge in [0.1, 0.15) is 19.3 Å². The number of hydrogen-bond acceptors (Lipinski definition) is 18. The zero-order valence-electron chi connectivity index (χ0n) is 58.9. The Hall–Kier alpha value is 0.0200. The molecule has 22 heteroatoms. The molecular weight excluding hydrogens is 1220 g/mol. The van der Waals surface area contributed by atoms with Crippen LogP contribution in [0.2, 0.25) is 0 Å². The van der Waals surface area contributed by atoms with Crippen molar-refractivity contribution in [2.75, 3.05) is 46.2 Å². The molecule has 0 saturated carbocycles. The van der Waals surface area contributed by atoms with Crippen molar-refractivity contribution in [1.82, 2.24) is 0 Å². The van der Waals surface area contributed by atoms with E-state index in [9.17, 15) is 43.2 Å². The van der Waals surface area contributed by atoms with Crippen LogP contribution in [0.25, 0.3) is 0 Å². The summed E-state index contributed by atoms with van der Waals surface area (Å²) in [5.41, 5.74) is 5.57. The molecule has 0 saturated heterocycles. The summed E-state index contributed by atoms with van der Waals surface area (Å²) in [6.45, 7) is 3.02. The molecule has 3 unspecified atom stereocenters. The van der Waals surface area contributed by atoms with E-state index in [-0.39, 0.29) is 84.8 Å². The van der Waals surface area contributed by atoms with E-state index in [2.05, 4.69) is 20.8 Å². The number of esters is 4. The Bertz CT molecular complexity index is 1730. The second-order valence-electron chi connectivity index (χ2n) is 25.0. The summed E-state index contributed by atoms with van der Waals surface area (Å²) in [5, 5.41) is 10.5. The van der Waals surface area contributed by atoms with Crippen molar-refractivity contribution in [2.24, 2.45) is 5.73 Å². The van der Waals surface area contributed by atoms with Gasteiger partial charge in [0.05, 0.1) is 26.4 Å². The maximum atomic E-state index is 13.0. The summed E-state index contributed by atoms with van der Waals surface area (Å²) < 4.78 is 67.4. The van der Waals surface area contributed by atoms with Gasteiger partial charge in [0.25, 0.3) is 15.6 Å². The van der Waals surface area contributed by atoms with Crippen LogP contribution < -0.4 is 74.6 Å². The monoisotopic (exact) mass is 1360 g/mol. The van der Waals surface area contributed by atoms with E-state index in [4.69, 9.17) is 42.8 Å². The largest absolute Gasteiger partial charge is 1.00 e. The smallest absolute Gasteiger partial charge is 0.756 e. The third-order valence-electron chi connectivity index (χ3n) is 16.2. The van der Waals surface area contributed by atoms with Gasteiger partial charge in [-0.05, 0) is 38.6 Å². The molecule has 528 valence electrons. The predicted octanol–water partition coefficient (Wildman–Crippen LogP) is 11.6. The van der Waals surface area contributed by atoms with Crippen molar-refractivity contribution < 1.29 is 139 Å². The summed E-state index contributed by atoms with van der Waals surface area (Å²) in [6, 6.07) is 0. The van der Waals surface area contributed by atoms with Crippen LogP contribution in [0.4, 0.5) is 0 Å². The van der Waals surface area contributed by atoms with Crippen LogP contribution in [-0.2, 0) is 65.4 Å². The molecule has 0 aromatic heterocycles. The maximum Gasteiger partial charge on any atom is 1.00 e. The molecule has 5 atom stereocenters. The average Bonchev–Trinajstić information content (AvgIpc) is 3.43. The molecule has 0 radical (unpaired) electrons. The third kappa shape index (κ3) is 71.1. The first kappa shape index (κ1) is 95.2. The van der Waals surface area contributed by atoms with Gasteiger partial charge >= 0.3 is 83.0 Å². The van der Waals surface area contributed by atoms with Gasteiger partial charge in [0.2, 0.25) is 0 Å². The van der Waals surface area contributed by atoms with Gasteiger partial charge < -0.3 is 57.7 Å². The normalized spacial score (nSPS) is 13.7. The number of aliphatic hydroxyl groups excluding tert-OH is 1. The Morgan fingerprint density at radius 2 is 0.516 bits per heavy atom. The summed E-state index contributed by atoms with van der Waals surface area (Å²) >= 11 is 0. The molecule has 0 spiro atoms. The first-order valence-electron chi connectivity index (χ1n) is 36.4. The minimum atomic E-state index is -5.22. The molecule has 0 aliphatic heterocycles. The zero-order valence-corrected chi connectivity index (χ0v) is 64.7. The van der Waals surface area contributed by atoms with Crippen LogP contribution in [0, 0.1) is 0 Å². The third-order valence-corrected chi connectivity index (χ3v) is 18.0. The topological polar surface area (TPSA) is 269 Å². The molecule has 0 bridgehead atoms. The van der Waals surface area contributed by atoms with E-state index < -0.39 is 97.5 Å². The number of ether oxygens (including phenoxy) is 4. The second kappa shape index (κ2) is 71.3. The molecule has 3 N–H and O–H groups in total. The van der Waals surface area contributed by atoms with Gasteiger partial charge in [0.15, 0.2) is 12.2 Å². The fraction of sp³-hybridized carbons (Fsp3) is 0.942. The maximum absolute atomic E-state index is 13.0. The van der Waals surface area contributed by atoms with Crippen molar-refractivity contribution in [3.63, 3.8) is 0 Å². The summed E-state index contributed by atoms with van der Waals surface area (Å²) in [5.74, 6) is -2.23. The van der Waals surface area contributed by atoms with Crippen molar-refractivity contribution in [1.29, 1.82) is 0 Å². The fourth-order valence-electron chi connectivity index (χ4n) is 10.6. The van der Waals surface area contributed by atoms with Crippen LogP contribution in [0.5, 0.6) is 0 Å². The number of phosphoric acid groups is 2. The molecule has 0 rings (SSSR count). The molecule has 0 aromatic carbocycles. The van der Waals surface area contributed by atoms with Gasteiger partial charge in [-0.3, -0.25) is 28.3 Å². The molecule has 0 fully saturated rings.